The maximum absolute atomic E-state index is 13.0. The molecule has 2 heterocycles. The van der Waals surface area contributed by atoms with Crippen LogP contribution in [0.5, 0.6) is 0 Å². The Hall–Kier alpha value is -2.03. The van der Waals surface area contributed by atoms with Crippen LogP contribution in [-0.2, 0) is 9.59 Å². The Morgan fingerprint density at radius 1 is 1.33 bits per heavy atom. The quantitative estimate of drug-likeness (QED) is 0.766. The van der Waals surface area contributed by atoms with Gasteiger partial charge in [-0.1, -0.05) is 46.0 Å². The van der Waals surface area contributed by atoms with Crippen LogP contribution in [0.15, 0.2) is 0 Å². The lowest BCUT2D eigenvalue weighted by Crippen LogP contribution is -2.54. The second-order valence-corrected chi connectivity index (χ2v) is 9.92. The molecule has 1 saturated heterocycles. The molecular weight excluding hydrogens is 366 g/mol. The lowest BCUT2D eigenvalue weighted by Gasteiger charge is -2.43. The summed E-state index contributed by atoms with van der Waals surface area (Å²) < 4.78 is 0. The maximum atomic E-state index is 13.0. The van der Waals surface area contributed by atoms with E-state index in [2.05, 4.69) is 41.6 Å². The van der Waals surface area contributed by atoms with Crippen LogP contribution in [0.3, 0.4) is 0 Å². The summed E-state index contributed by atoms with van der Waals surface area (Å²) >= 11 is 1.29. The monoisotopic (exact) mass is 393 g/mol. The smallest absolute Gasteiger partial charge is 0.323 e. The van der Waals surface area contributed by atoms with Crippen molar-refractivity contribution in [2.24, 2.45) is 11.3 Å². The van der Waals surface area contributed by atoms with E-state index in [0.717, 1.165) is 16.3 Å². The van der Waals surface area contributed by atoms with E-state index in [1.54, 1.807) is 0 Å². The van der Waals surface area contributed by atoms with Crippen molar-refractivity contribution in [1.29, 1.82) is 0 Å². The van der Waals surface area contributed by atoms with Gasteiger partial charge in [0, 0.05) is 5.92 Å². The van der Waals surface area contributed by atoms with E-state index in [-0.39, 0.29) is 23.8 Å². The van der Waals surface area contributed by atoms with Gasteiger partial charge in [-0.2, -0.15) is 0 Å². The molecule has 2 aliphatic rings. The summed E-state index contributed by atoms with van der Waals surface area (Å²) in [5.41, 5.74) is -0.940. The molecule has 1 aliphatic carbocycles. The third kappa shape index (κ3) is 3.97. The van der Waals surface area contributed by atoms with Crippen molar-refractivity contribution < 1.29 is 14.4 Å². The highest BCUT2D eigenvalue weighted by molar-refractivity contribution is 7.15. The molecule has 1 spiro atoms. The van der Waals surface area contributed by atoms with Gasteiger partial charge >= 0.3 is 6.03 Å². The SMILES string of the molecule is CC(C)c1nnc(NC(=O)CN2C(=O)N[C@]3(C[C@H](C)CC(C)(C)C3)C2=O)s1. The number of amides is 4. The third-order valence-electron chi connectivity index (χ3n) is 5.11. The molecule has 1 saturated carbocycles. The van der Waals surface area contributed by atoms with Crippen molar-refractivity contribution in [3.05, 3.63) is 5.01 Å². The number of nitrogens with one attached hydrogen (secondary N) is 2. The van der Waals surface area contributed by atoms with Crippen LogP contribution in [-0.4, -0.2) is 45.0 Å². The van der Waals surface area contributed by atoms with E-state index in [9.17, 15) is 14.4 Å². The molecule has 0 unspecified atom stereocenters. The summed E-state index contributed by atoms with van der Waals surface area (Å²) in [6, 6.07) is -0.500. The lowest BCUT2D eigenvalue weighted by atomic mass is 9.64. The summed E-state index contributed by atoms with van der Waals surface area (Å²) in [5.74, 6) is -0.217. The van der Waals surface area contributed by atoms with Crippen molar-refractivity contribution in [3.63, 3.8) is 0 Å². The Bertz CT molecular complexity index is 775. The highest BCUT2D eigenvalue weighted by Gasteiger charge is 2.56. The Labute approximate surface area is 163 Å². The molecule has 2 fully saturated rings. The van der Waals surface area contributed by atoms with Crippen LogP contribution in [0.1, 0.15) is 64.8 Å². The molecular formula is C18H27N5O3S. The number of hydrogen-bond acceptors (Lipinski definition) is 6. The molecule has 1 aliphatic heterocycles. The predicted octanol–water partition coefficient (Wildman–Crippen LogP) is 2.74. The second kappa shape index (κ2) is 6.85. The van der Waals surface area contributed by atoms with E-state index in [4.69, 9.17) is 0 Å². The number of imide groups is 1. The number of anilines is 1. The fourth-order valence-electron chi connectivity index (χ4n) is 4.47. The number of nitrogens with zero attached hydrogens (tertiary/aromatic N) is 3. The molecule has 0 bridgehead atoms. The number of hydrogen-bond donors (Lipinski definition) is 2. The highest BCUT2D eigenvalue weighted by Crippen LogP contribution is 2.46. The van der Waals surface area contributed by atoms with E-state index >= 15 is 0 Å². The Morgan fingerprint density at radius 2 is 2.04 bits per heavy atom. The fraction of sp³-hybridized carbons (Fsp3) is 0.722. The summed E-state index contributed by atoms with van der Waals surface area (Å²) in [5, 5.41) is 14.7. The average Bonchev–Trinajstić information content (AvgIpc) is 3.05. The number of urea groups is 1. The molecule has 0 radical (unpaired) electrons. The van der Waals surface area contributed by atoms with Gasteiger partial charge in [0.2, 0.25) is 11.0 Å². The molecule has 0 aromatic carbocycles. The number of carbonyl (C=O) groups excluding carboxylic acids is 3. The fourth-order valence-corrected chi connectivity index (χ4v) is 5.23. The van der Waals surface area contributed by atoms with E-state index in [1.165, 1.54) is 11.3 Å². The van der Waals surface area contributed by atoms with Gasteiger partial charge in [-0.15, -0.1) is 10.2 Å². The topological polar surface area (TPSA) is 104 Å². The number of rotatable bonds is 4. The van der Waals surface area contributed by atoms with Crippen molar-refractivity contribution in [3.8, 4) is 0 Å². The van der Waals surface area contributed by atoms with E-state index in [0.29, 0.717) is 23.9 Å². The molecule has 148 valence electrons. The minimum atomic E-state index is -0.897. The number of aromatic nitrogens is 2. The van der Waals surface area contributed by atoms with Crippen molar-refractivity contribution in [1.82, 2.24) is 20.4 Å². The molecule has 2 N–H and O–H groups in total. The third-order valence-corrected chi connectivity index (χ3v) is 6.25. The molecule has 27 heavy (non-hydrogen) atoms. The van der Waals surface area contributed by atoms with Gasteiger partial charge in [0.05, 0.1) is 0 Å². The summed E-state index contributed by atoms with van der Waals surface area (Å²) in [4.78, 5) is 38.9. The minimum absolute atomic E-state index is 0.0430. The minimum Gasteiger partial charge on any atom is -0.323 e. The van der Waals surface area contributed by atoms with Crippen molar-refractivity contribution in [2.75, 3.05) is 11.9 Å². The molecule has 8 nitrogen and oxygen atoms in total. The van der Waals surface area contributed by atoms with E-state index in [1.807, 2.05) is 13.8 Å². The van der Waals surface area contributed by atoms with Gasteiger partial charge in [0.1, 0.15) is 17.1 Å². The average molecular weight is 394 g/mol. The Morgan fingerprint density at radius 3 is 2.63 bits per heavy atom. The van der Waals surface area contributed by atoms with Crippen LogP contribution >= 0.6 is 11.3 Å². The molecule has 9 heteroatoms. The molecule has 4 amide bonds. The first-order valence-corrected chi connectivity index (χ1v) is 10.1. The number of carbonyl (C=O) groups is 3. The molecule has 1 aromatic rings. The van der Waals surface area contributed by atoms with Crippen LogP contribution in [0, 0.1) is 11.3 Å². The zero-order valence-electron chi connectivity index (χ0n) is 16.5. The standard InChI is InChI=1S/C18H27N5O3S/c1-10(2)13-21-22-15(27-13)19-12(24)8-23-14(25)18(20-16(23)26)7-11(3)6-17(4,5)9-18/h10-11H,6-9H2,1-5H3,(H,20,26)(H,19,22,24)/t11-,18+/m1/s1. The zero-order valence-corrected chi connectivity index (χ0v) is 17.3. The van der Waals surface area contributed by atoms with E-state index < -0.39 is 17.5 Å². The van der Waals surface area contributed by atoms with Gasteiger partial charge in [-0.05, 0) is 30.6 Å². The predicted molar refractivity (Wildman–Crippen MR) is 102 cm³/mol. The van der Waals surface area contributed by atoms with Gasteiger partial charge in [0.25, 0.3) is 5.91 Å². The van der Waals surface area contributed by atoms with Crippen LogP contribution in [0.4, 0.5) is 9.93 Å². The maximum Gasteiger partial charge on any atom is 0.325 e. The summed E-state index contributed by atoms with van der Waals surface area (Å²) in [6.45, 7) is 9.98. The van der Waals surface area contributed by atoms with Gasteiger partial charge in [-0.25, -0.2) is 4.79 Å². The Balaban J connectivity index is 1.69. The van der Waals surface area contributed by atoms with Gasteiger partial charge in [-0.3, -0.25) is 19.8 Å². The van der Waals surface area contributed by atoms with Crippen LogP contribution < -0.4 is 10.6 Å². The van der Waals surface area contributed by atoms with Crippen molar-refractivity contribution >= 4 is 34.3 Å². The van der Waals surface area contributed by atoms with Crippen LogP contribution in [0.25, 0.3) is 0 Å². The molecule has 2 atom stereocenters. The molecule has 1 aromatic heterocycles. The van der Waals surface area contributed by atoms with Gasteiger partial charge in [0.15, 0.2) is 0 Å². The van der Waals surface area contributed by atoms with Gasteiger partial charge < -0.3 is 5.32 Å². The first-order chi connectivity index (χ1) is 12.5. The van der Waals surface area contributed by atoms with Crippen molar-refractivity contribution in [2.45, 2.75) is 65.3 Å². The Kier molecular flexibility index (Phi) is 5.00. The zero-order chi connectivity index (χ0) is 20.0. The summed E-state index contributed by atoms with van der Waals surface area (Å²) in [6.07, 6.45) is 2.20. The van der Waals surface area contributed by atoms with Crippen LogP contribution in [0.2, 0.25) is 0 Å². The highest BCUT2D eigenvalue weighted by atomic mass is 32.1. The normalized spacial score (nSPS) is 27.3. The largest absolute Gasteiger partial charge is 0.325 e. The first-order valence-electron chi connectivity index (χ1n) is 9.29. The second-order valence-electron chi connectivity index (χ2n) is 8.91. The first kappa shape index (κ1) is 19.7. The molecule has 3 rings (SSSR count). The lowest BCUT2D eigenvalue weighted by molar-refractivity contribution is -0.136. The summed E-state index contributed by atoms with van der Waals surface area (Å²) in [7, 11) is 0.